The van der Waals surface area contributed by atoms with Crippen LogP contribution in [0.1, 0.15) is 22.3 Å². The molecule has 3 nitrogen and oxygen atoms in total. The zero-order valence-corrected chi connectivity index (χ0v) is 12.0. The number of nitrogens with one attached hydrogen (secondary N) is 1. The van der Waals surface area contributed by atoms with E-state index in [0.29, 0.717) is 11.3 Å². The predicted molar refractivity (Wildman–Crippen MR) is 81.0 cm³/mol. The second kappa shape index (κ2) is 6.12. The summed E-state index contributed by atoms with van der Waals surface area (Å²) in [7, 11) is 1.61. The largest absolute Gasteiger partial charge is 0.495 e. The Morgan fingerprint density at radius 3 is 2.65 bits per heavy atom. The lowest BCUT2D eigenvalue weighted by atomic mass is 10.1. The number of hydrogen-bond acceptors (Lipinski definition) is 3. The van der Waals surface area contributed by atoms with Gasteiger partial charge in [0.15, 0.2) is 0 Å². The van der Waals surface area contributed by atoms with Gasteiger partial charge in [0.05, 0.1) is 24.4 Å². The van der Waals surface area contributed by atoms with Gasteiger partial charge in [0.1, 0.15) is 5.75 Å². The Morgan fingerprint density at radius 1 is 1.15 bits per heavy atom. The lowest BCUT2D eigenvalue weighted by molar-refractivity contribution is 0.416. The molecule has 0 radical (unpaired) electrons. The molecule has 2 rings (SSSR count). The first-order valence-electron chi connectivity index (χ1n) is 6.52. The highest BCUT2D eigenvalue weighted by Gasteiger charge is 2.05. The minimum absolute atomic E-state index is 0.596. The van der Waals surface area contributed by atoms with Crippen LogP contribution in [-0.2, 0) is 6.54 Å². The van der Waals surface area contributed by atoms with Gasteiger partial charge in [0.25, 0.3) is 0 Å². The van der Waals surface area contributed by atoms with Crippen molar-refractivity contribution in [1.29, 1.82) is 5.26 Å². The summed E-state index contributed by atoms with van der Waals surface area (Å²) >= 11 is 0. The van der Waals surface area contributed by atoms with Crippen molar-refractivity contribution < 1.29 is 4.74 Å². The van der Waals surface area contributed by atoms with Gasteiger partial charge in [-0.25, -0.2) is 0 Å². The maximum atomic E-state index is 8.90. The standard InChI is InChI=1S/C17H18N2O/c1-12-4-5-13(2)15(8-12)11-19-16-7-6-14(10-18)9-17(16)20-3/h4-9,19H,11H2,1-3H3. The van der Waals surface area contributed by atoms with Crippen LogP contribution in [0.25, 0.3) is 0 Å². The van der Waals surface area contributed by atoms with Crippen LogP contribution >= 0.6 is 0 Å². The maximum absolute atomic E-state index is 8.90. The van der Waals surface area contributed by atoms with Gasteiger partial charge in [-0.15, -0.1) is 0 Å². The molecule has 0 aromatic heterocycles. The third kappa shape index (κ3) is 3.10. The van der Waals surface area contributed by atoms with Gasteiger partial charge >= 0.3 is 0 Å². The van der Waals surface area contributed by atoms with E-state index in [1.807, 2.05) is 6.07 Å². The van der Waals surface area contributed by atoms with Crippen molar-refractivity contribution in [3.05, 3.63) is 58.7 Å². The number of nitriles is 1. The van der Waals surface area contributed by atoms with E-state index in [9.17, 15) is 0 Å². The van der Waals surface area contributed by atoms with Gasteiger partial charge in [-0.3, -0.25) is 0 Å². The van der Waals surface area contributed by atoms with Crippen molar-refractivity contribution in [2.75, 3.05) is 12.4 Å². The predicted octanol–water partition coefficient (Wildman–Crippen LogP) is 3.80. The van der Waals surface area contributed by atoms with Crippen molar-refractivity contribution in [3.8, 4) is 11.8 Å². The molecule has 0 amide bonds. The lowest BCUT2D eigenvalue weighted by Crippen LogP contribution is -2.03. The summed E-state index contributed by atoms with van der Waals surface area (Å²) in [5.41, 5.74) is 5.26. The molecule has 0 saturated heterocycles. The first-order chi connectivity index (χ1) is 9.63. The Kier molecular flexibility index (Phi) is 4.27. The average molecular weight is 266 g/mol. The Hall–Kier alpha value is -2.47. The van der Waals surface area contributed by atoms with E-state index in [-0.39, 0.29) is 0 Å². The monoisotopic (exact) mass is 266 g/mol. The minimum Gasteiger partial charge on any atom is -0.495 e. The molecule has 0 aliphatic rings. The van der Waals surface area contributed by atoms with E-state index in [0.717, 1.165) is 12.2 Å². The van der Waals surface area contributed by atoms with Gasteiger partial charge < -0.3 is 10.1 Å². The van der Waals surface area contributed by atoms with Crippen LogP contribution in [0.4, 0.5) is 5.69 Å². The number of ether oxygens (including phenoxy) is 1. The molecule has 0 aliphatic carbocycles. The van der Waals surface area contributed by atoms with Crippen LogP contribution in [0.15, 0.2) is 36.4 Å². The second-order valence-electron chi connectivity index (χ2n) is 4.81. The van der Waals surface area contributed by atoms with Crippen molar-refractivity contribution in [3.63, 3.8) is 0 Å². The van der Waals surface area contributed by atoms with Gasteiger partial charge in [-0.1, -0.05) is 23.8 Å². The zero-order valence-electron chi connectivity index (χ0n) is 12.0. The highest BCUT2D eigenvalue weighted by molar-refractivity contribution is 5.59. The van der Waals surface area contributed by atoms with Gasteiger partial charge in [0.2, 0.25) is 0 Å². The molecule has 20 heavy (non-hydrogen) atoms. The zero-order chi connectivity index (χ0) is 14.5. The Bertz CT molecular complexity index is 657. The van der Waals surface area contributed by atoms with Crippen LogP contribution in [-0.4, -0.2) is 7.11 Å². The van der Waals surface area contributed by atoms with E-state index in [1.165, 1.54) is 16.7 Å². The number of hydrogen-bond donors (Lipinski definition) is 1. The van der Waals surface area contributed by atoms with Gasteiger partial charge in [-0.05, 0) is 37.1 Å². The van der Waals surface area contributed by atoms with Gasteiger partial charge in [-0.2, -0.15) is 5.26 Å². The van der Waals surface area contributed by atoms with Crippen molar-refractivity contribution in [2.45, 2.75) is 20.4 Å². The van der Waals surface area contributed by atoms with Crippen molar-refractivity contribution in [1.82, 2.24) is 0 Å². The Labute approximate surface area is 119 Å². The summed E-state index contributed by atoms with van der Waals surface area (Å²) in [5, 5.41) is 12.3. The number of anilines is 1. The fourth-order valence-corrected chi connectivity index (χ4v) is 2.09. The molecule has 0 spiro atoms. The van der Waals surface area contributed by atoms with Crippen LogP contribution in [0.2, 0.25) is 0 Å². The fraction of sp³-hybridized carbons (Fsp3) is 0.235. The van der Waals surface area contributed by atoms with Crippen LogP contribution in [0, 0.1) is 25.2 Å². The second-order valence-corrected chi connectivity index (χ2v) is 4.81. The molecule has 2 aromatic rings. The topological polar surface area (TPSA) is 45.0 Å². The summed E-state index contributed by atoms with van der Waals surface area (Å²) < 4.78 is 5.32. The SMILES string of the molecule is COc1cc(C#N)ccc1NCc1cc(C)ccc1C. The molecule has 1 N–H and O–H groups in total. The molecule has 0 saturated carbocycles. The smallest absolute Gasteiger partial charge is 0.143 e. The summed E-state index contributed by atoms with van der Waals surface area (Å²) in [6.45, 7) is 4.92. The third-order valence-corrected chi connectivity index (χ3v) is 3.30. The fourth-order valence-electron chi connectivity index (χ4n) is 2.09. The number of nitrogens with zero attached hydrogens (tertiary/aromatic N) is 1. The molecular weight excluding hydrogens is 248 g/mol. The molecule has 0 unspecified atom stereocenters. The van der Waals surface area contributed by atoms with E-state index in [2.05, 4.69) is 43.4 Å². The molecule has 0 heterocycles. The van der Waals surface area contributed by atoms with Gasteiger partial charge in [0, 0.05) is 12.6 Å². The molecule has 2 aromatic carbocycles. The first-order valence-corrected chi connectivity index (χ1v) is 6.52. The summed E-state index contributed by atoms with van der Waals surface area (Å²) in [4.78, 5) is 0. The van der Waals surface area contributed by atoms with Crippen molar-refractivity contribution >= 4 is 5.69 Å². The maximum Gasteiger partial charge on any atom is 0.143 e. The molecule has 0 aliphatic heterocycles. The summed E-state index contributed by atoms with van der Waals surface area (Å²) in [5.74, 6) is 0.689. The van der Waals surface area contributed by atoms with Crippen LogP contribution < -0.4 is 10.1 Å². The number of aryl methyl sites for hydroxylation is 2. The summed E-state index contributed by atoms with van der Waals surface area (Å²) in [6.07, 6.45) is 0. The normalized spacial score (nSPS) is 9.90. The number of benzene rings is 2. The molecule has 0 atom stereocenters. The first kappa shape index (κ1) is 14.0. The van der Waals surface area contributed by atoms with E-state index < -0.39 is 0 Å². The number of methoxy groups -OCH3 is 1. The highest BCUT2D eigenvalue weighted by atomic mass is 16.5. The number of rotatable bonds is 4. The molecule has 0 fully saturated rings. The third-order valence-electron chi connectivity index (χ3n) is 3.30. The Balaban J connectivity index is 2.19. The minimum atomic E-state index is 0.596. The quantitative estimate of drug-likeness (QED) is 0.915. The lowest BCUT2D eigenvalue weighted by Gasteiger charge is -2.13. The van der Waals surface area contributed by atoms with E-state index in [1.54, 1.807) is 19.2 Å². The molecule has 0 bridgehead atoms. The van der Waals surface area contributed by atoms with Crippen LogP contribution in [0.5, 0.6) is 5.75 Å². The van der Waals surface area contributed by atoms with E-state index in [4.69, 9.17) is 10.00 Å². The van der Waals surface area contributed by atoms with E-state index >= 15 is 0 Å². The summed E-state index contributed by atoms with van der Waals surface area (Å²) in [6, 6.07) is 13.9. The van der Waals surface area contributed by atoms with Crippen molar-refractivity contribution in [2.24, 2.45) is 0 Å². The molecule has 3 heteroatoms. The molecule has 102 valence electrons. The van der Waals surface area contributed by atoms with Crippen LogP contribution in [0.3, 0.4) is 0 Å². The highest BCUT2D eigenvalue weighted by Crippen LogP contribution is 2.26. The average Bonchev–Trinajstić information content (AvgIpc) is 2.48. The molecular formula is C17H18N2O. The Morgan fingerprint density at radius 2 is 1.95 bits per heavy atom.